The van der Waals surface area contributed by atoms with E-state index in [1.165, 1.54) is 11.3 Å². The molecule has 0 saturated heterocycles. The summed E-state index contributed by atoms with van der Waals surface area (Å²) in [5.74, 6) is -0.209. The zero-order chi connectivity index (χ0) is 10.4. The fourth-order valence-corrected chi connectivity index (χ4v) is 2.26. The topological polar surface area (TPSA) is 54.9 Å². The van der Waals surface area contributed by atoms with Crippen LogP contribution in [0.5, 0.6) is 0 Å². The number of rotatable bonds is 2. The molecule has 1 aromatic heterocycles. The smallest absolute Gasteiger partial charge is 0.235 e. The molecule has 1 fully saturated rings. The average molecular weight is 252 g/mol. The molecule has 1 aromatic rings. The Labute approximate surface area is 94.6 Å². The van der Waals surface area contributed by atoms with E-state index in [4.69, 9.17) is 23.2 Å². The summed E-state index contributed by atoms with van der Waals surface area (Å²) in [6.45, 7) is 1.73. The minimum absolute atomic E-state index is 0.209. The molecule has 0 aromatic carbocycles. The molecule has 14 heavy (non-hydrogen) atoms. The highest BCUT2D eigenvalue weighted by molar-refractivity contribution is 7.13. The van der Waals surface area contributed by atoms with Gasteiger partial charge in [-0.2, -0.15) is 0 Å². The first-order valence-electron chi connectivity index (χ1n) is 3.91. The number of amides is 1. The van der Waals surface area contributed by atoms with Gasteiger partial charge in [-0.3, -0.25) is 10.1 Å². The van der Waals surface area contributed by atoms with Gasteiger partial charge in [0.05, 0.1) is 5.41 Å². The lowest BCUT2D eigenvalue weighted by molar-refractivity contribution is -0.120. The monoisotopic (exact) mass is 251 g/mol. The maximum absolute atomic E-state index is 11.7. The molecule has 0 radical (unpaired) electrons. The number of carbonyl (C=O) groups is 1. The summed E-state index contributed by atoms with van der Waals surface area (Å²) in [4.78, 5) is 11.7. The Morgan fingerprint density at radius 2 is 2.36 bits per heavy atom. The molecule has 0 aliphatic heterocycles. The lowest BCUT2D eigenvalue weighted by Gasteiger charge is -2.09. The molecule has 0 spiro atoms. The van der Waals surface area contributed by atoms with Gasteiger partial charge in [-0.15, -0.1) is 33.4 Å². The van der Waals surface area contributed by atoms with Crippen LogP contribution in [0.4, 0.5) is 5.13 Å². The van der Waals surface area contributed by atoms with Crippen molar-refractivity contribution in [2.45, 2.75) is 17.7 Å². The number of anilines is 1. The van der Waals surface area contributed by atoms with E-state index in [2.05, 4.69) is 15.5 Å². The van der Waals surface area contributed by atoms with Crippen LogP contribution in [0.2, 0.25) is 0 Å². The molecule has 1 amide bonds. The number of alkyl halides is 2. The number of nitrogens with zero attached hydrogens (tertiary/aromatic N) is 2. The third kappa shape index (κ3) is 1.49. The van der Waals surface area contributed by atoms with E-state index in [0.29, 0.717) is 11.6 Å². The molecule has 0 bridgehead atoms. The van der Waals surface area contributed by atoms with E-state index >= 15 is 0 Å². The van der Waals surface area contributed by atoms with Gasteiger partial charge in [0.25, 0.3) is 0 Å². The first kappa shape index (κ1) is 10.1. The first-order valence-corrected chi connectivity index (χ1v) is 5.55. The average Bonchev–Trinajstić information content (AvgIpc) is 2.54. The Balaban J connectivity index is 2.05. The van der Waals surface area contributed by atoms with E-state index in [9.17, 15) is 4.79 Å². The van der Waals surface area contributed by atoms with E-state index in [-0.39, 0.29) is 5.91 Å². The Morgan fingerprint density at radius 3 is 2.79 bits per heavy atom. The largest absolute Gasteiger partial charge is 0.300 e. The summed E-state index contributed by atoms with van der Waals surface area (Å²) in [5, 5.41) is 10.4. The Bertz CT molecular complexity index is 367. The lowest BCUT2D eigenvalue weighted by Crippen LogP contribution is -2.25. The van der Waals surface area contributed by atoms with Crippen LogP contribution in [0, 0.1) is 5.41 Å². The standard InChI is InChI=1S/C7H7Cl2N3OS/c1-6(2-7(6,8)9)4(13)11-5-12-10-3-14-5/h3H,2H2,1H3,(H,11,12,13)/t6-/m1/s1. The fourth-order valence-electron chi connectivity index (χ4n) is 1.11. The highest BCUT2D eigenvalue weighted by Gasteiger charge is 2.68. The molecule has 0 unspecified atom stereocenters. The normalized spacial score (nSPS) is 28.5. The maximum Gasteiger partial charge on any atom is 0.235 e. The van der Waals surface area contributed by atoms with E-state index in [1.807, 2.05) is 0 Å². The number of halogens is 2. The Morgan fingerprint density at radius 1 is 1.71 bits per heavy atom. The van der Waals surface area contributed by atoms with E-state index in [0.717, 1.165) is 0 Å². The van der Waals surface area contributed by atoms with Gasteiger partial charge < -0.3 is 0 Å². The van der Waals surface area contributed by atoms with Crippen LogP contribution in [0.3, 0.4) is 0 Å². The molecule has 1 saturated carbocycles. The highest BCUT2D eigenvalue weighted by atomic mass is 35.5. The first-order chi connectivity index (χ1) is 6.46. The van der Waals surface area contributed by atoms with Gasteiger partial charge in [0, 0.05) is 0 Å². The summed E-state index contributed by atoms with van der Waals surface area (Å²) in [6.07, 6.45) is 0.466. The number of carbonyl (C=O) groups excluding carboxylic acids is 1. The van der Waals surface area contributed by atoms with Crippen LogP contribution in [0.25, 0.3) is 0 Å². The molecule has 1 aliphatic rings. The fraction of sp³-hybridized carbons (Fsp3) is 0.571. The predicted molar refractivity (Wildman–Crippen MR) is 55.7 cm³/mol. The van der Waals surface area contributed by atoms with Gasteiger partial charge >= 0.3 is 0 Å². The quantitative estimate of drug-likeness (QED) is 0.819. The van der Waals surface area contributed by atoms with Crippen LogP contribution in [0.15, 0.2) is 5.51 Å². The molecule has 1 atom stereocenters. The zero-order valence-electron chi connectivity index (χ0n) is 7.25. The third-order valence-corrected chi connectivity index (χ3v) is 4.05. The summed E-state index contributed by atoms with van der Waals surface area (Å²) >= 11 is 13.0. The van der Waals surface area contributed by atoms with Crippen molar-refractivity contribution in [1.82, 2.24) is 10.2 Å². The summed E-state index contributed by atoms with van der Waals surface area (Å²) in [6, 6.07) is 0. The number of nitrogens with one attached hydrogen (secondary N) is 1. The molecule has 7 heteroatoms. The number of hydrogen-bond donors (Lipinski definition) is 1. The predicted octanol–water partition coefficient (Wildman–Crippen LogP) is 2.06. The molecule has 4 nitrogen and oxygen atoms in total. The van der Waals surface area contributed by atoms with Crippen LogP contribution in [-0.4, -0.2) is 20.4 Å². The van der Waals surface area contributed by atoms with Gasteiger partial charge in [0.15, 0.2) is 0 Å². The van der Waals surface area contributed by atoms with Crippen molar-refractivity contribution in [1.29, 1.82) is 0 Å². The molecule has 1 aliphatic carbocycles. The Hall–Kier alpha value is -0.390. The highest BCUT2D eigenvalue weighted by Crippen LogP contribution is 2.64. The van der Waals surface area contributed by atoms with Crippen molar-refractivity contribution in [2.24, 2.45) is 5.41 Å². The van der Waals surface area contributed by atoms with Gasteiger partial charge in [0.2, 0.25) is 11.0 Å². The minimum Gasteiger partial charge on any atom is -0.300 e. The van der Waals surface area contributed by atoms with Crippen molar-refractivity contribution >= 4 is 45.6 Å². The van der Waals surface area contributed by atoms with Crippen molar-refractivity contribution < 1.29 is 4.79 Å². The number of aromatic nitrogens is 2. The third-order valence-electron chi connectivity index (χ3n) is 2.34. The van der Waals surface area contributed by atoms with Crippen molar-refractivity contribution in [2.75, 3.05) is 5.32 Å². The second-order valence-electron chi connectivity index (χ2n) is 3.41. The zero-order valence-corrected chi connectivity index (χ0v) is 9.58. The summed E-state index contributed by atoms with van der Waals surface area (Å²) < 4.78 is -0.943. The van der Waals surface area contributed by atoms with Crippen molar-refractivity contribution in [3.05, 3.63) is 5.51 Å². The van der Waals surface area contributed by atoms with Gasteiger partial charge in [0.1, 0.15) is 9.84 Å². The SMILES string of the molecule is C[C@]1(C(=O)Nc2nncs2)CC1(Cl)Cl. The van der Waals surface area contributed by atoms with Crippen molar-refractivity contribution in [3.63, 3.8) is 0 Å². The minimum atomic E-state index is -0.943. The van der Waals surface area contributed by atoms with E-state index in [1.54, 1.807) is 12.4 Å². The van der Waals surface area contributed by atoms with Gasteiger partial charge in [-0.1, -0.05) is 11.3 Å². The second kappa shape index (κ2) is 3.05. The van der Waals surface area contributed by atoms with Crippen LogP contribution >= 0.6 is 34.5 Å². The molecule has 1 N–H and O–H groups in total. The van der Waals surface area contributed by atoms with Crippen LogP contribution in [-0.2, 0) is 4.79 Å². The molecule has 1 heterocycles. The van der Waals surface area contributed by atoms with Crippen molar-refractivity contribution in [3.8, 4) is 0 Å². The molecule has 2 rings (SSSR count). The second-order valence-corrected chi connectivity index (χ2v) is 5.73. The summed E-state index contributed by atoms with van der Waals surface area (Å²) in [7, 11) is 0. The lowest BCUT2D eigenvalue weighted by atomic mass is 10.1. The summed E-state index contributed by atoms with van der Waals surface area (Å²) in [5.41, 5.74) is 0.835. The Kier molecular flexibility index (Phi) is 2.21. The van der Waals surface area contributed by atoms with Gasteiger partial charge in [-0.25, -0.2) is 0 Å². The molecular weight excluding hydrogens is 245 g/mol. The molecular formula is C7H7Cl2N3OS. The van der Waals surface area contributed by atoms with Gasteiger partial charge in [-0.05, 0) is 13.3 Å². The number of hydrogen-bond acceptors (Lipinski definition) is 4. The van der Waals surface area contributed by atoms with Crippen LogP contribution in [0.1, 0.15) is 13.3 Å². The maximum atomic E-state index is 11.7. The van der Waals surface area contributed by atoms with E-state index < -0.39 is 9.75 Å². The van der Waals surface area contributed by atoms with Crippen LogP contribution < -0.4 is 5.32 Å². The molecule has 76 valence electrons.